The van der Waals surface area contributed by atoms with Crippen LogP contribution in [0.3, 0.4) is 0 Å². The van der Waals surface area contributed by atoms with Gasteiger partial charge in [-0.2, -0.15) is 0 Å². The van der Waals surface area contributed by atoms with Crippen molar-refractivity contribution in [2.24, 2.45) is 0 Å². The van der Waals surface area contributed by atoms with Gasteiger partial charge in [-0.05, 0) is 44.1 Å². The van der Waals surface area contributed by atoms with Crippen LogP contribution in [0.1, 0.15) is 19.8 Å². The van der Waals surface area contributed by atoms with E-state index in [9.17, 15) is 9.59 Å². The molecule has 2 fully saturated rings. The number of nitrogens with zero attached hydrogens (tertiary/aromatic N) is 1. The number of benzene rings is 1. The van der Waals surface area contributed by atoms with Crippen LogP contribution in [0, 0.1) is 0 Å². The van der Waals surface area contributed by atoms with Crippen molar-refractivity contribution < 1.29 is 19.1 Å². The Morgan fingerprint density at radius 3 is 2.75 bits per heavy atom. The second kappa shape index (κ2) is 6.64. The normalized spacial score (nSPS) is 19.9. The number of hydrogen-bond acceptors (Lipinski definition) is 5. The van der Waals surface area contributed by atoms with E-state index in [1.807, 2.05) is 0 Å². The number of methoxy groups -OCH3 is 1. The standard InChI is InChI=1S/C16H19N3O4S/c1-9-15(21)19(16(24)17-9)11-5-6-12(22-2)13(7-11)23-8-14(20)18-10-3-4-10/h5-7,9-10H,3-4,8H2,1-2H3,(H,17,24)(H,18,20)/t9-/m1/s1. The van der Waals surface area contributed by atoms with Crippen molar-refractivity contribution >= 4 is 34.8 Å². The van der Waals surface area contributed by atoms with Gasteiger partial charge in [-0.3, -0.25) is 14.5 Å². The van der Waals surface area contributed by atoms with Crippen LogP contribution in [0.2, 0.25) is 0 Å². The maximum atomic E-state index is 12.2. The van der Waals surface area contributed by atoms with Crippen LogP contribution in [-0.2, 0) is 9.59 Å². The van der Waals surface area contributed by atoms with Crippen molar-refractivity contribution in [3.8, 4) is 11.5 Å². The van der Waals surface area contributed by atoms with Gasteiger partial charge in [0.05, 0.1) is 12.8 Å². The van der Waals surface area contributed by atoms with Crippen molar-refractivity contribution in [3.05, 3.63) is 18.2 Å². The molecule has 1 saturated heterocycles. The van der Waals surface area contributed by atoms with Gasteiger partial charge in [0.15, 0.2) is 23.2 Å². The first-order valence-corrected chi connectivity index (χ1v) is 8.15. The molecule has 2 aliphatic rings. The molecule has 8 heteroatoms. The predicted molar refractivity (Wildman–Crippen MR) is 92.3 cm³/mol. The van der Waals surface area contributed by atoms with Gasteiger partial charge < -0.3 is 20.1 Å². The highest BCUT2D eigenvalue weighted by molar-refractivity contribution is 7.80. The van der Waals surface area contributed by atoms with Gasteiger partial charge >= 0.3 is 0 Å². The van der Waals surface area contributed by atoms with E-state index in [4.69, 9.17) is 21.7 Å². The van der Waals surface area contributed by atoms with Crippen LogP contribution in [0.25, 0.3) is 0 Å². The molecule has 2 N–H and O–H groups in total. The third kappa shape index (κ3) is 3.43. The van der Waals surface area contributed by atoms with Crippen LogP contribution in [0.5, 0.6) is 11.5 Å². The van der Waals surface area contributed by atoms with E-state index >= 15 is 0 Å². The molecule has 1 aliphatic carbocycles. The van der Waals surface area contributed by atoms with Crippen molar-refractivity contribution in [1.29, 1.82) is 0 Å². The van der Waals surface area contributed by atoms with Crippen molar-refractivity contribution in [1.82, 2.24) is 10.6 Å². The summed E-state index contributed by atoms with van der Waals surface area (Å²) in [6.45, 7) is 1.64. The average molecular weight is 349 g/mol. The van der Waals surface area contributed by atoms with E-state index < -0.39 is 0 Å². The highest BCUT2D eigenvalue weighted by Crippen LogP contribution is 2.33. The molecule has 24 heavy (non-hydrogen) atoms. The number of ether oxygens (including phenoxy) is 2. The molecular formula is C16H19N3O4S. The lowest BCUT2D eigenvalue weighted by atomic mass is 10.2. The topological polar surface area (TPSA) is 79.9 Å². The van der Waals surface area contributed by atoms with E-state index in [1.165, 1.54) is 12.0 Å². The van der Waals surface area contributed by atoms with Gasteiger partial charge in [-0.25, -0.2) is 0 Å². The van der Waals surface area contributed by atoms with Gasteiger partial charge in [0.25, 0.3) is 11.8 Å². The third-order valence-corrected chi connectivity index (χ3v) is 4.14. The summed E-state index contributed by atoms with van der Waals surface area (Å²) in [6.07, 6.45) is 2.04. The van der Waals surface area contributed by atoms with Gasteiger partial charge in [-0.1, -0.05) is 0 Å². The first-order chi connectivity index (χ1) is 11.5. The highest BCUT2D eigenvalue weighted by atomic mass is 32.1. The van der Waals surface area contributed by atoms with E-state index in [2.05, 4.69) is 10.6 Å². The van der Waals surface area contributed by atoms with E-state index in [0.717, 1.165) is 12.8 Å². The Balaban J connectivity index is 1.76. The zero-order chi connectivity index (χ0) is 17.3. The number of hydrogen-bond donors (Lipinski definition) is 2. The summed E-state index contributed by atoms with van der Waals surface area (Å²) in [6, 6.07) is 4.96. The Morgan fingerprint density at radius 2 is 2.17 bits per heavy atom. The second-order valence-electron chi connectivity index (χ2n) is 5.81. The lowest BCUT2D eigenvalue weighted by Crippen LogP contribution is -2.31. The molecule has 3 rings (SSSR count). The molecule has 1 aliphatic heterocycles. The van der Waals surface area contributed by atoms with Crippen LogP contribution in [-0.4, -0.2) is 42.7 Å². The number of thiocarbonyl (C=S) groups is 1. The Kier molecular flexibility index (Phi) is 4.57. The SMILES string of the molecule is COc1ccc(N2C(=O)[C@@H](C)NC2=S)cc1OCC(=O)NC1CC1. The van der Waals surface area contributed by atoms with Crippen molar-refractivity contribution in [2.45, 2.75) is 31.8 Å². The molecule has 0 spiro atoms. The number of rotatable bonds is 6. The number of anilines is 1. The largest absolute Gasteiger partial charge is 0.493 e. The van der Waals surface area contributed by atoms with Crippen molar-refractivity contribution in [3.63, 3.8) is 0 Å². The Labute approximate surface area is 145 Å². The molecule has 0 unspecified atom stereocenters. The van der Waals surface area contributed by atoms with Crippen LogP contribution >= 0.6 is 12.2 Å². The van der Waals surface area contributed by atoms with Crippen LogP contribution in [0.15, 0.2) is 18.2 Å². The van der Waals surface area contributed by atoms with Gasteiger partial charge in [0.1, 0.15) is 6.04 Å². The number of amides is 2. The molecule has 0 aromatic heterocycles. The Morgan fingerprint density at radius 1 is 1.42 bits per heavy atom. The lowest BCUT2D eigenvalue weighted by molar-refractivity contribution is -0.123. The minimum Gasteiger partial charge on any atom is -0.493 e. The summed E-state index contributed by atoms with van der Waals surface area (Å²) in [4.78, 5) is 25.4. The van der Waals surface area contributed by atoms with Crippen LogP contribution < -0.4 is 25.0 Å². The summed E-state index contributed by atoms with van der Waals surface area (Å²) in [5.41, 5.74) is 0.570. The molecule has 0 bridgehead atoms. The predicted octanol–water partition coefficient (Wildman–Crippen LogP) is 0.962. The number of nitrogens with one attached hydrogen (secondary N) is 2. The van der Waals surface area contributed by atoms with E-state index in [1.54, 1.807) is 25.1 Å². The number of carbonyl (C=O) groups excluding carboxylic acids is 2. The first-order valence-electron chi connectivity index (χ1n) is 7.74. The fourth-order valence-corrected chi connectivity index (χ4v) is 2.78. The highest BCUT2D eigenvalue weighted by Gasteiger charge is 2.33. The summed E-state index contributed by atoms with van der Waals surface area (Å²) < 4.78 is 10.8. The molecular weight excluding hydrogens is 330 g/mol. The summed E-state index contributed by atoms with van der Waals surface area (Å²) in [5, 5.41) is 6.11. The third-order valence-electron chi connectivity index (χ3n) is 3.84. The molecule has 1 atom stereocenters. The summed E-state index contributed by atoms with van der Waals surface area (Å²) >= 11 is 5.20. The van der Waals surface area contributed by atoms with Gasteiger partial charge in [0.2, 0.25) is 0 Å². The minimum atomic E-state index is -0.367. The van der Waals surface area contributed by atoms with Crippen molar-refractivity contribution in [2.75, 3.05) is 18.6 Å². The van der Waals surface area contributed by atoms with Gasteiger partial charge in [-0.15, -0.1) is 0 Å². The quantitative estimate of drug-likeness (QED) is 0.745. The lowest BCUT2D eigenvalue weighted by Gasteiger charge is -2.18. The zero-order valence-electron chi connectivity index (χ0n) is 13.5. The molecule has 1 aromatic carbocycles. The molecule has 1 saturated carbocycles. The molecule has 128 valence electrons. The fraction of sp³-hybridized carbons (Fsp3) is 0.438. The maximum absolute atomic E-state index is 12.2. The van der Waals surface area contributed by atoms with Gasteiger partial charge in [0, 0.05) is 12.1 Å². The second-order valence-corrected chi connectivity index (χ2v) is 6.20. The molecule has 2 amide bonds. The molecule has 0 radical (unpaired) electrons. The maximum Gasteiger partial charge on any atom is 0.258 e. The molecule has 1 aromatic rings. The Hall–Kier alpha value is -2.35. The smallest absolute Gasteiger partial charge is 0.258 e. The Bertz CT molecular complexity index is 690. The van der Waals surface area contributed by atoms with Crippen LogP contribution in [0.4, 0.5) is 5.69 Å². The zero-order valence-corrected chi connectivity index (χ0v) is 14.3. The summed E-state index contributed by atoms with van der Waals surface area (Å²) in [7, 11) is 1.52. The molecule has 7 nitrogen and oxygen atoms in total. The van der Waals surface area contributed by atoms with E-state index in [-0.39, 0.29) is 30.5 Å². The fourth-order valence-electron chi connectivity index (χ4n) is 2.41. The summed E-state index contributed by atoms with van der Waals surface area (Å²) in [5.74, 6) is 0.559. The number of carbonyl (C=O) groups is 2. The minimum absolute atomic E-state index is 0.108. The van der Waals surface area contributed by atoms with E-state index in [0.29, 0.717) is 22.3 Å². The molecule has 1 heterocycles. The first kappa shape index (κ1) is 16.5. The average Bonchev–Trinajstić information content (AvgIpc) is 3.32. The monoisotopic (exact) mass is 349 g/mol.